The number of aromatic nitrogens is 1. The minimum atomic E-state index is -0.213. The standard InChI is InChI=1S/C21H19N3O3S/c1-3-27-15-10-8-14(9-11-15)20-22-13(2)19(28-20)21(26)24-12-18(25)23-16-6-4-5-7-17(16)24/h4-11H,3,12H2,1-2H3,(H,23,25). The molecule has 0 saturated carbocycles. The lowest BCUT2D eigenvalue weighted by Gasteiger charge is -2.28. The Balaban J connectivity index is 1.65. The van der Waals surface area contributed by atoms with E-state index in [1.54, 1.807) is 6.07 Å². The van der Waals surface area contributed by atoms with E-state index in [4.69, 9.17) is 4.74 Å². The van der Waals surface area contributed by atoms with Crippen LogP contribution in [0.2, 0.25) is 0 Å². The Morgan fingerprint density at radius 1 is 1.21 bits per heavy atom. The van der Waals surface area contributed by atoms with E-state index in [0.717, 1.165) is 16.3 Å². The van der Waals surface area contributed by atoms with E-state index in [-0.39, 0.29) is 18.4 Å². The highest BCUT2D eigenvalue weighted by atomic mass is 32.1. The SMILES string of the molecule is CCOc1ccc(-c2nc(C)c(C(=O)N3CC(=O)Nc4ccccc43)s2)cc1. The van der Waals surface area contributed by atoms with Crippen LogP contribution < -0.4 is 15.0 Å². The number of carbonyl (C=O) groups is 2. The number of nitrogens with zero attached hydrogens (tertiary/aromatic N) is 2. The first kappa shape index (κ1) is 18.2. The predicted molar refractivity (Wildman–Crippen MR) is 110 cm³/mol. The summed E-state index contributed by atoms with van der Waals surface area (Å²) in [5.74, 6) is 0.377. The summed E-state index contributed by atoms with van der Waals surface area (Å²) < 4.78 is 5.47. The van der Waals surface area contributed by atoms with Crippen molar-refractivity contribution in [1.82, 2.24) is 4.98 Å². The fourth-order valence-electron chi connectivity index (χ4n) is 3.12. The van der Waals surface area contributed by atoms with Crippen LogP contribution in [-0.2, 0) is 4.79 Å². The van der Waals surface area contributed by atoms with E-state index < -0.39 is 0 Å². The van der Waals surface area contributed by atoms with Crippen molar-refractivity contribution in [3.63, 3.8) is 0 Å². The summed E-state index contributed by atoms with van der Waals surface area (Å²) in [4.78, 5) is 31.9. The molecule has 142 valence electrons. The molecule has 0 fully saturated rings. The van der Waals surface area contributed by atoms with E-state index in [2.05, 4.69) is 10.3 Å². The molecule has 1 N–H and O–H groups in total. The zero-order chi connectivity index (χ0) is 19.7. The molecule has 0 aliphatic carbocycles. The number of para-hydroxylation sites is 2. The molecule has 0 bridgehead atoms. The summed E-state index contributed by atoms with van der Waals surface area (Å²) in [6, 6.07) is 14.9. The third kappa shape index (κ3) is 3.36. The van der Waals surface area contributed by atoms with Gasteiger partial charge in [-0.1, -0.05) is 12.1 Å². The Morgan fingerprint density at radius 3 is 2.71 bits per heavy atom. The zero-order valence-corrected chi connectivity index (χ0v) is 16.4. The summed E-state index contributed by atoms with van der Waals surface area (Å²) in [5, 5.41) is 3.56. The van der Waals surface area contributed by atoms with Gasteiger partial charge in [0.2, 0.25) is 5.91 Å². The van der Waals surface area contributed by atoms with Gasteiger partial charge in [0.1, 0.15) is 22.2 Å². The third-order valence-corrected chi connectivity index (χ3v) is 5.61. The average Bonchev–Trinajstić information content (AvgIpc) is 3.09. The van der Waals surface area contributed by atoms with Crippen molar-refractivity contribution in [2.24, 2.45) is 0 Å². The molecule has 2 amide bonds. The second-order valence-corrected chi connectivity index (χ2v) is 7.35. The van der Waals surface area contributed by atoms with Gasteiger partial charge in [0.05, 0.1) is 23.7 Å². The molecular weight excluding hydrogens is 374 g/mol. The molecule has 2 heterocycles. The van der Waals surface area contributed by atoms with Crippen LogP contribution in [0.25, 0.3) is 10.6 Å². The quantitative estimate of drug-likeness (QED) is 0.724. The lowest BCUT2D eigenvalue weighted by molar-refractivity contribution is -0.115. The monoisotopic (exact) mass is 393 g/mol. The molecular formula is C21H19N3O3S. The maximum Gasteiger partial charge on any atom is 0.270 e. The van der Waals surface area contributed by atoms with Crippen molar-refractivity contribution in [2.45, 2.75) is 13.8 Å². The Hall–Kier alpha value is -3.19. The smallest absolute Gasteiger partial charge is 0.270 e. The summed E-state index contributed by atoms with van der Waals surface area (Å²) >= 11 is 1.33. The van der Waals surface area contributed by atoms with Gasteiger partial charge in [0.25, 0.3) is 5.91 Å². The number of rotatable bonds is 4. The zero-order valence-electron chi connectivity index (χ0n) is 15.6. The lowest BCUT2D eigenvalue weighted by atomic mass is 10.2. The van der Waals surface area contributed by atoms with Crippen LogP contribution in [0.5, 0.6) is 5.75 Å². The highest BCUT2D eigenvalue weighted by Crippen LogP contribution is 2.34. The summed E-state index contributed by atoms with van der Waals surface area (Å²) in [5.41, 5.74) is 2.92. The molecule has 28 heavy (non-hydrogen) atoms. The molecule has 2 aromatic carbocycles. The Bertz CT molecular complexity index is 1040. The number of amides is 2. The molecule has 0 spiro atoms. The third-order valence-electron chi connectivity index (χ3n) is 4.42. The summed E-state index contributed by atoms with van der Waals surface area (Å²) in [6.45, 7) is 4.36. The summed E-state index contributed by atoms with van der Waals surface area (Å²) in [6.07, 6.45) is 0. The van der Waals surface area contributed by atoms with Gasteiger partial charge in [-0.2, -0.15) is 0 Å². The van der Waals surface area contributed by atoms with Crippen LogP contribution in [0.15, 0.2) is 48.5 Å². The fourth-order valence-corrected chi connectivity index (χ4v) is 4.14. The van der Waals surface area contributed by atoms with Crippen LogP contribution in [0.1, 0.15) is 22.3 Å². The molecule has 1 aromatic heterocycles. The van der Waals surface area contributed by atoms with Gasteiger partial charge in [0, 0.05) is 5.56 Å². The second kappa shape index (κ2) is 7.44. The molecule has 6 nitrogen and oxygen atoms in total. The predicted octanol–water partition coefficient (Wildman–Crippen LogP) is 4.12. The van der Waals surface area contributed by atoms with Gasteiger partial charge >= 0.3 is 0 Å². The number of thiazole rings is 1. The molecule has 4 rings (SSSR count). The van der Waals surface area contributed by atoms with Crippen LogP contribution in [0.3, 0.4) is 0 Å². The average molecular weight is 393 g/mol. The van der Waals surface area contributed by atoms with Crippen molar-refractivity contribution < 1.29 is 14.3 Å². The number of ether oxygens (including phenoxy) is 1. The molecule has 3 aromatic rings. The molecule has 1 aliphatic heterocycles. The van der Waals surface area contributed by atoms with Crippen molar-refractivity contribution in [1.29, 1.82) is 0 Å². The minimum Gasteiger partial charge on any atom is -0.494 e. The van der Waals surface area contributed by atoms with E-state index in [9.17, 15) is 9.59 Å². The van der Waals surface area contributed by atoms with E-state index in [1.807, 2.05) is 56.3 Å². The van der Waals surface area contributed by atoms with Crippen molar-refractivity contribution in [2.75, 3.05) is 23.4 Å². The largest absolute Gasteiger partial charge is 0.494 e. The molecule has 0 unspecified atom stereocenters. The highest BCUT2D eigenvalue weighted by molar-refractivity contribution is 7.17. The number of hydrogen-bond donors (Lipinski definition) is 1. The van der Waals surface area contributed by atoms with Gasteiger partial charge in [-0.3, -0.25) is 14.5 Å². The van der Waals surface area contributed by atoms with Crippen molar-refractivity contribution in [3.8, 4) is 16.3 Å². The van der Waals surface area contributed by atoms with E-state index >= 15 is 0 Å². The maximum absolute atomic E-state index is 13.2. The van der Waals surface area contributed by atoms with Crippen LogP contribution >= 0.6 is 11.3 Å². The van der Waals surface area contributed by atoms with Gasteiger partial charge < -0.3 is 10.1 Å². The topological polar surface area (TPSA) is 71.5 Å². The number of fused-ring (bicyclic) bond motifs is 1. The van der Waals surface area contributed by atoms with Crippen molar-refractivity contribution >= 4 is 34.5 Å². The minimum absolute atomic E-state index is 0.00836. The lowest BCUT2D eigenvalue weighted by Crippen LogP contribution is -2.42. The molecule has 0 atom stereocenters. The summed E-state index contributed by atoms with van der Waals surface area (Å²) in [7, 11) is 0. The highest BCUT2D eigenvalue weighted by Gasteiger charge is 2.30. The number of nitrogens with one attached hydrogen (secondary N) is 1. The van der Waals surface area contributed by atoms with E-state index in [1.165, 1.54) is 16.2 Å². The van der Waals surface area contributed by atoms with Gasteiger partial charge in [0.15, 0.2) is 0 Å². The van der Waals surface area contributed by atoms with Crippen LogP contribution in [0, 0.1) is 6.92 Å². The first-order chi connectivity index (χ1) is 13.6. The second-order valence-electron chi connectivity index (χ2n) is 6.35. The maximum atomic E-state index is 13.2. The van der Waals surface area contributed by atoms with Gasteiger partial charge in [-0.05, 0) is 50.2 Å². The van der Waals surface area contributed by atoms with E-state index in [0.29, 0.717) is 28.6 Å². The van der Waals surface area contributed by atoms with Crippen molar-refractivity contribution in [3.05, 3.63) is 59.1 Å². The number of aryl methyl sites for hydroxylation is 1. The number of anilines is 2. The number of hydrogen-bond acceptors (Lipinski definition) is 5. The number of carbonyl (C=O) groups excluding carboxylic acids is 2. The first-order valence-corrected chi connectivity index (χ1v) is 9.80. The van der Waals surface area contributed by atoms with Gasteiger partial charge in [-0.25, -0.2) is 4.98 Å². The molecule has 7 heteroatoms. The Kier molecular flexibility index (Phi) is 4.83. The van der Waals surface area contributed by atoms with Crippen LogP contribution in [0.4, 0.5) is 11.4 Å². The fraction of sp³-hybridized carbons (Fsp3) is 0.190. The first-order valence-electron chi connectivity index (χ1n) is 8.98. The van der Waals surface area contributed by atoms with Gasteiger partial charge in [-0.15, -0.1) is 11.3 Å². The number of benzene rings is 2. The molecule has 1 aliphatic rings. The van der Waals surface area contributed by atoms with Crippen LogP contribution in [-0.4, -0.2) is 29.9 Å². The Labute approximate surface area is 166 Å². The Morgan fingerprint density at radius 2 is 1.96 bits per heavy atom. The normalized spacial score (nSPS) is 13.1. The molecule has 0 saturated heterocycles. The molecule has 0 radical (unpaired) electrons.